The highest BCUT2D eigenvalue weighted by molar-refractivity contribution is 5.91. The maximum absolute atomic E-state index is 12.8. The van der Waals surface area contributed by atoms with E-state index >= 15 is 0 Å². The van der Waals surface area contributed by atoms with Crippen molar-refractivity contribution in [3.8, 4) is 0 Å². The molecule has 34 heavy (non-hydrogen) atoms. The van der Waals surface area contributed by atoms with Crippen LogP contribution in [0.15, 0.2) is 91.0 Å². The van der Waals surface area contributed by atoms with Gasteiger partial charge in [0.25, 0.3) is 0 Å². The van der Waals surface area contributed by atoms with Gasteiger partial charge >= 0.3 is 17.9 Å². The summed E-state index contributed by atoms with van der Waals surface area (Å²) in [6.07, 6.45) is -3.49. The molecule has 0 unspecified atom stereocenters. The summed E-state index contributed by atoms with van der Waals surface area (Å²) >= 11 is 0. The Morgan fingerprint density at radius 3 is 1.53 bits per heavy atom. The molecule has 7 nitrogen and oxygen atoms in total. The van der Waals surface area contributed by atoms with Gasteiger partial charge in [0, 0.05) is 6.42 Å². The van der Waals surface area contributed by atoms with Crippen molar-refractivity contribution in [3.05, 3.63) is 108 Å². The molecule has 0 bridgehead atoms. The van der Waals surface area contributed by atoms with E-state index in [9.17, 15) is 14.4 Å². The van der Waals surface area contributed by atoms with Crippen LogP contribution in [0.25, 0.3) is 0 Å². The van der Waals surface area contributed by atoms with Crippen LogP contribution in [0.5, 0.6) is 0 Å². The molecule has 1 aliphatic rings. The Labute approximate surface area is 197 Å². The fourth-order valence-electron chi connectivity index (χ4n) is 3.63. The van der Waals surface area contributed by atoms with Gasteiger partial charge in [-0.3, -0.25) is 0 Å². The first-order valence-corrected chi connectivity index (χ1v) is 10.9. The lowest BCUT2D eigenvalue weighted by molar-refractivity contribution is -0.241. The van der Waals surface area contributed by atoms with Crippen LogP contribution in [0.4, 0.5) is 0 Å². The topological polar surface area (TPSA) is 88.1 Å². The Kier molecular flexibility index (Phi) is 7.34. The monoisotopic (exact) mass is 460 g/mol. The normalized spacial score (nSPS) is 21.8. The Morgan fingerprint density at radius 2 is 1.06 bits per heavy atom. The summed E-state index contributed by atoms with van der Waals surface area (Å²) in [5.41, 5.74) is 0.977. The van der Waals surface area contributed by atoms with Crippen molar-refractivity contribution in [2.75, 3.05) is 0 Å². The molecule has 0 N–H and O–H groups in total. The van der Waals surface area contributed by atoms with E-state index < -0.39 is 42.5 Å². The van der Waals surface area contributed by atoms with Gasteiger partial charge in [0.2, 0.25) is 12.4 Å². The van der Waals surface area contributed by atoms with Gasteiger partial charge in [0.1, 0.15) is 6.10 Å². The third kappa shape index (κ3) is 5.68. The molecule has 1 aliphatic heterocycles. The quantitative estimate of drug-likeness (QED) is 0.397. The van der Waals surface area contributed by atoms with Crippen LogP contribution in [0, 0.1) is 0 Å². The van der Waals surface area contributed by atoms with Crippen LogP contribution in [-0.2, 0) is 18.9 Å². The molecule has 7 heteroatoms. The molecule has 1 fully saturated rings. The second kappa shape index (κ2) is 10.8. The summed E-state index contributed by atoms with van der Waals surface area (Å²) in [6.45, 7) is 1.77. The highest BCUT2D eigenvalue weighted by Gasteiger charge is 2.45. The highest BCUT2D eigenvalue weighted by atomic mass is 16.7. The zero-order valence-corrected chi connectivity index (χ0v) is 18.5. The second-order valence-corrected chi connectivity index (χ2v) is 7.87. The van der Waals surface area contributed by atoms with Gasteiger partial charge in [-0.05, 0) is 43.3 Å². The lowest BCUT2D eigenvalue weighted by atomic mass is 10.0. The summed E-state index contributed by atoms with van der Waals surface area (Å²) in [7, 11) is 0. The van der Waals surface area contributed by atoms with Crippen molar-refractivity contribution in [1.82, 2.24) is 0 Å². The second-order valence-electron chi connectivity index (χ2n) is 7.87. The Hall–Kier alpha value is -3.97. The number of hydrogen-bond donors (Lipinski definition) is 0. The Morgan fingerprint density at radius 1 is 0.647 bits per heavy atom. The standard InChI is InChI=1S/C27H24O7/c1-18-17-22(32-24(28)19-11-5-2-6-12-19)23(33-25(29)20-13-7-3-8-14-20)27(31-18)34-26(30)21-15-9-4-10-16-21/h2-16,18,22-23,27H,17H2,1H3/t18-,22+,23-,27+/m1/s1. The number of ether oxygens (including phenoxy) is 4. The zero-order chi connectivity index (χ0) is 23.9. The molecule has 0 aliphatic carbocycles. The van der Waals surface area contributed by atoms with Crippen molar-refractivity contribution in [3.63, 3.8) is 0 Å². The van der Waals surface area contributed by atoms with Crippen molar-refractivity contribution in [1.29, 1.82) is 0 Å². The van der Waals surface area contributed by atoms with Crippen molar-refractivity contribution in [2.45, 2.75) is 37.9 Å². The zero-order valence-electron chi connectivity index (χ0n) is 18.5. The Balaban J connectivity index is 1.58. The minimum atomic E-state index is -1.27. The van der Waals surface area contributed by atoms with Crippen LogP contribution in [0.3, 0.4) is 0 Å². The number of benzene rings is 3. The van der Waals surface area contributed by atoms with E-state index in [1.807, 2.05) is 0 Å². The van der Waals surface area contributed by atoms with Gasteiger partial charge < -0.3 is 18.9 Å². The Bertz CT molecular complexity index is 1050. The number of hydrogen-bond acceptors (Lipinski definition) is 7. The highest BCUT2D eigenvalue weighted by Crippen LogP contribution is 2.28. The van der Waals surface area contributed by atoms with E-state index in [2.05, 4.69) is 0 Å². The largest absolute Gasteiger partial charge is 0.454 e. The van der Waals surface area contributed by atoms with E-state index in [4.69, 9.17) is 18.9 Å². The van der Waals surface area contributed by atoms with Gasteiger partial charge in [0.15, 0.2) is 0 Å². The minimum absolute atomic E-state index is 0.255. The molecule has 1 heterocycles. The van der Waals surface area contributed by atoms with Gasteiger partial charge in [-0.15, -0.1) is 0 Å². The smallest absolute Gasteiger partial charge is 0.340 e. The lowest BCUT2D eigenvalue weighted by Gasteiger charge is -2.38. The first-order chi connectivity index (χ1) is 16.5. The van der Waals surface area contributed by atoms with E-state index in [0.29, 0.717) is 16.7 Å². The summed E-state index contributed by atoms with van der Waals surface area (Å²) in [4.78, 5) is 38.3. The van der Waals surface area contributed by atoms with E-state index in [-0.39, 0.29) is 6.42 Å². The molecule has 4 atom stereocenters. The van der Waals surface area contributed by atoms with Crippen molar-refractivity contribution in [2.24, 2.45) is 0 Å². The molecule has 0 spiro atoms. The maximum Gasteiger partial charge on any atom is 0.340 e. The van der Waals surface area contributed by atoms with Crippen LogP contribution >= 0.6 is 0 Å². The first kappa shape index (κ1) is 23.2. The average Bonchev–Trinajstić information content (AvgIpc) is 2.87. The number of esters is 3. The van der Waals surface area contributed by atoms with E-state index in [0.717, 1.165) is 0 Å². The molecule has 174 valence electrons. The molecule has 3 aromatic rings. The van der Waals surface area contributed by atoms with Gasteiger partial charge in [-0.25, -0.2) is 14.4 Å². The molecular formula is C27H24O7. The van der Waals surface area contributed by atoms with Crippen molar-refractivity contribution >= 4 is 17.9 Å². The molecule has 4 rings (SSSR count). The number of carbonyl (C=O) groups excluding carboxylic acids is 3. The predicted molar refractivity (Wildman–Crippen MR) is 122 cm³/mol. The van der Waals surface area contributed by atoms with Crippen LogP contribution < -0.4 is 0 Å². The summed E-state index contributed by atoms with van der Waals surface area (Å²) in [5.74, 6) is -1.87. The van der Waals surface area contributed by atoms with E-state index in [1.54, 1.807) is 97.9 Å². The summed E-state index contributed by atoms with van der Waals surface area (Å²) < 4.78 is 22.9. The van der Waals surface area contributed by atoms with E-state index in [1.165, 1.54) is 0 Å². The van der Waals surface area contributed by atoms with Gasteiger partial charge in [0.05, 0.1) is 22.8 Å². The molecule has 0 aromatic heterocycles. The van der Waals surface area contributed by atoms with Crippen LogP contribution in [-0.4, -0.2) is 42.5 Å². The lowest BCUT2D eigenvalue weighted by Crippen LogP contribution is -2.53. The third-order valence-electron chi connectivity index (χ3n) is 5.32. The first-order valence-electron chi connectivity index (χ1n) is 10.9. The molecule has 1 saturated heterocycles. The van der Waals surface area contributed by atoms with Crippen LogP contribution in [0.1, 0.15) is 44.4 Å². The SMILES string of the molecule is C[C@@H]1C[C@H](OC(=O)c2ccccc2)[C@@H](OC(=O)c2ccccc2)[C@H](OC(=O)c2ccccc2)O1. The molecule has 3 aromatic carbocycles. The third-order valence-corrected chi connectivity index (χ3v) is 5.32. The molecule has 0 saturated carbocycles. The summed E-state index contributed by atoms with van der Waals surface area (Å²) in [6, 6.07) is 25.3. The van der Waals surface area contributed by atoms with Gasteiger partial charge in [-0.1, -0.05) is 54.6 Å². The number of rotatable bonds is 6. The summed E-state index contributed by atoms with van der Waals surface area (Å²) in [5, 5.41) is 0. The fraction of sp³-hybridized carbons (Fsp3) is 0.222. The van der Waals surface area contributed by atoms with Crippen LogP contribution in [0.2, 0.25) is 0 Å². The van der Waals surface area contributed by atoms with Crippen molar-refractivity contribution < 1.29 is 33.3 Å². The number of carbonyl (C=O) groups is 3. The maximum atomic E-state index is 12.8. The fourth-order valence-corrected chi connectivity index (χ4v) is 3.63. The molecule has 0 amide bonds. The molecule has 0 radical (unpaired) electrons. The van der Waals surface area contributed by atoms with Gasteiger partial charge in [-0.2, -0.15) is 0 Å². The predicted octanol–water partition coefficient (Wildman–Crippen LogP) is 4.43. The minimum Gasteiger partial charge on any atom is -0.454 e. The molecular weight excluding hydrogens is 436 g/mol. The average molecular weight is 460 g/mol.